The van der Waals surface area contributed by atoms with Crippen molar-refractivity contribution < 1.29 is 19.1 Å². The molecule has 142 valence electrons. The lowest BCUT2D eigenvalue weighted by molar-refractivity contribution is -0.121. The van der Waals surface area contributed by atoms with Gasteiger partial charge in [0.15, 0.2) is 0 Å². The topological polar surface area (TPSA) is 111 Å². The van der Waals surface area contributed by atoms with E-state index < -0.39 is 18.0 Å². The van der Waals surface area contributed by atoms with Crippen molar-refractivity contribution in [1.82, 2.24) is 10.6 Å². The van der Waals surface area contributed by atoms with Crippen LogP contribution in [0.3, 0.4) is 0 Å². The van der Waals surface area contributed by atoms with Gasteiger partial charge in [-0.1, -0.05) is 41.9 Å². The van der Waals surface area contributed by atoms with E-state index in [2.05, 4.69) is 15.4 Å². The van der Waals surface area contributed by atoms with E-state index >= 15 is 0 Å². The number of urea groups is 1. The van der Waals surface area contributed by atoms with E-state index in [-0.39, 0.29) is 18.9 Å². The summed E-state index contributed by atoms with van der Waals surface area (Å²) in [5.74, 6) is -0.712. The Labute approximate surface area is 161 Å². The number of carbonyl (C=O) groups is 3. The molecule has 0 radical (unpaired) electrons. The molecule has 27 heavy (non-hydrogen) atoms. The number of hydrogen-bond donors (Lipinski definition) is 3. The monoisotopic (exact) mass is 389 g/mol. The molecule has 0 bridgehead atoms. The summed E-state index contributed by atoms with van der Waals surface area (Å²) in [6, 6.07) is 12.2. The number of benzene rings is 2. The maximum absolute atomic E-state index is 12.3. The standard InChI is InChI=1S/C19H20ClN3O4/c1-27-18(25)13-8-6-12(7-9-13)11-22-17(24)10-16(23-19(21)26)14-4-2-3-5-15(14)20/h2-9,16H,10-11H2,1H3,(H,22,24)(H3,21,23,26). The summed E-state index contributed by atoms with van der Waals surface area (Å²) in [6.45, 7) is 0.270. The van der Waals surface area contributed by atoms with E-state index in [9.17, 15) is 14.4 Å². The first-order valence-corrected chi connectivity index (χ1v) is 8.53. The molecule has 0 aliphatic heterocycles. The SMILES string of the molecule is COC(=O)c1ccc(CNC(=O)CC(NC(N)=O)c2ccccc2Cl)cc1. The number of hydrogen-bond acceptors (Lipinski definition) is 4. The number of methoxy groups -OCH3 is 1. The van der Waals surface area contributed by atoms with Gasteiger partial charge in [-0.15, -0.1) is 0 Å². The van der Waals surface area contributed by atoms with Crippen molar-refractivity contribution in [3.8, 4) is 0 Å². The van der Waals surface area contributed by atoms with Crippen LogP contribution in [0.1, 0.15) is 33.9 Å². The third-order valence-electron chi connectivity index (χ3n) is 3.85. The minimum atomic E-state index is -0.744. The Hall–Kier alpha value is -3.06. The molecule has 3 amide bonds. The average Bonchev–Trinajstić information content (AvgIpc) is 2.65. The predicted octanol–water partition coefficient (Wildman–Crippen LogP) is 2.54. The molecule has 0 aliphatic carbocycles. The van der Waals surface area contributed by atoms with E-state index in [0.717, 1.165) is 5.56 Å². The molecule has 1 atom stereocenters. The van der Waals surface area contributed by atoms with Gasteiger partial charge in [0.1, 0.15) is 0 Å². The summed E-state index contributed by atoms with van der Waals surface area (Å²) in [6.07, 6.45) is -0.0209. The largest absolute Gasteiger partial charge is 0.465 e. The molecule has 4 N–H and O–H groups in total. The van der Waals surface area contributed by atoms with Gasteiger partial charge in [0.05, 0.1) is 25.1 Å². The minimum absolute atomic E-state index is 0.0209. The van der Waals surface area contributed by atoms with Crippen molar-refractivity contribution in [2.24, 2.45) is 5.73 Å². The van der Waals surface area contributed by atoms with Gasteiger partial charge in [-0.3, -0.25) is 4.79 Å². The molecule has 0 heterocycles. The highest BCUT2D eigenvalue weighted by Crippen LogP contribution is 2.25. The maximum atomic E-state index is 12.3. The molecule has 7 nitrogen and oxygen atoms in total. The fourth-order valence-electron chi connectivity index (χ4n) is 2.50. The first-order chi connectivity index (χ1) is 12.9. The van der Waals surface area contributed by atoms with E-state index in [1.165, 1.54) is 7.11 Å². The normalized spacial score (nSPS) is 11.3. The zero-order valence-electron chi connectivity index (χ0n) is 14.7. The summed E-state index contributed by atoms with van der Waals surface area (Å²) in [5, 5.41) is 5.73. The van der Waals surface area contributed by atoms with Crippen LogP contribution in [0, 0.1) is 0 Å². The molecule has 2 aromatic rings. The zero-order chi connectivity index (χ0) is 19.8. The Morgan fingerprint density at radius 2 is 1.78 bits per heavy atom. The molecule has 8 heteroatoms. The third-order valence-corrected chi connectivity index (χ3v) is 4.20. The number of carbonyl (C=O) groups excluding carboxylic acids is 3. The molecule has 0 aromatic heterocycles. The number of halogens is 1. The van der Waals surface area contributed by atoms with Crippen LogP contribution in [0.5, 0.6) is 0 Å². The smallest absolute Gasteiger partial charge is 0.337 e. The van der Waals surface area contributed by atoms with Gasteiger partial charge in [0.25, 0.3) is 0 Å². The van der Waals surface area contributed by atoms with Crippen LogP contribution in [0.4, 0.5) is 4.79 Å². The van der Waals surface area contributed by atoms with E-state index in [1.807, 2.05) is 0 Å². The summed E-state index contributed by atoms with van der Waals surface area (Å²) < 4.78 is 4.64. The van der Waals surface area contributed by atoms with E-state index in [0.29, 0.717) is 16.1 Å². The quantitative estimate of drug-likeness (QED) is 0.632. The number of amides is 3. The van der Waals surface area contributed by atoms with Crippen LogP contribution in [-0.4, -0.2) is 25.0 Å². The predicted molar refractivity (Wildman–Crippen MR) is 101 cm³/mol. The fraction of sp³-hybridized carbons (Fsp3) is 0.211. The van der Waals surface area contributed by atoms with Crippen molar-refractivity contribution in [2.45, 2.75) is 19.0 Å². The van der Waals surface area contributed by atoms with Crippen LogP contribution < -0.4 is 16.4 Å². The Balaban J connectivity index is 1.98. The van der Waals surface area contributed by atoms with Crippen molar-refractivity contribution in [1.29, 1.82) is 0 Å². The van der Waals surface area contributed by atoms with Gasteiger partial charge in [0, 0.05) is 11.6 Å². The second kappa shape index (κ2) is 9.59. The van der Waals surface area contributed by atoms with Crippen LogP contribution in [0.25, 0.3) is 0 Å². The second-order valence-electron chi connectivity index (χ2n) is 5.75. The highest BCUT2D eigenvalue weighted by molar-refractivity contribution is 6.31. The number of ether oxygens (including phenoxy) is 1. The summed E-state index contributed by atoms with van der Waals surface area (Å²) in [5.41, 5.74) is 7.06. The maximum Gasteiger partial charge on any atom is 0.337 e. The molecule has 0 saturated carbocycles. The van der Waals surface area contributed by atoms with Crippen LogP contribution in [0.2, 0.25) is 5.02 Å². The van der Waals surface area contributed by atoms with Gasteiger partial charge >= 0.3 is 12.0 Å². The third kappa shape index (κ3) is 6.00. The van der Waals surface area contributed by atoms with Gasteiger partial charge in [0.2, 0.25) is 5.91 Å². The number of nitrogens with one attached hydrogen (secondary N) is 2. The Bertz CT molecular complexity index is 824. The van der Waals surface area contributed by atoms with Crippen molar-refractivity contribution in [2.75, 3.05) is 7.11 Å². The molecular formula is C19H20ClN3O4. The van der Waals surface area contributed by atoms with Crippen molar-refractivity contribution in [3.05, 3.63) is 70.2 Å². The average molecular weight is 390 g/mol. The van der Waals surface area contributed by atoms with E-state index in [1.54, 1.807) is 48.5 Å². The Kier molecular flexibility index (Phi) is 7.19. The van der Waals surface area contributed by atoms with Crippen LogP contribution in [0.15, 0.2) is 48.5 Å². The van der Waals surface area contributed by atoms with Crippen LogP contribution in [-0.2, 0) is 16.1 Å². The lowest BCUT2D eigenvalue weighted by Crippen LogP contribution is -2.36. The molecule has 0 saturated heterocycles. The molecule has 0 aliphatic rings. The number of esters is 1. The zero-order valence-corrected chi connectivity index (χ0v) is 15.5. The van der Waals surface area contributed by atoms with Crippen molar-refractivity contribution in [3.63, 3.8) is 0 Å². The summed E-state index contributed by atoms with van der Waals surface area (Å²) in [7, 11) is 1.31. The molecule has 0 fully saturated rings. The molecule has 0 spiro atoms. The lowest BCUT2D eigenvalue weighted by Gasteiger charge is -2.19. The van der Waals surface area contributed by atoms with Gasteiger partial charge < -0.3 is 21.1 Å². The minimum Gasteiger partial charge on any atom is -0.465 e. The highest BCUT2D eigenvalue weighted by Gasteiger charge is 2.19. The Morgan fingerprint density at radius 3 is 2.37 bits per heavy atom. The van der Waals surface area contributed by atoms with Gasteiger partial charge in [-0.25, -0.2) is 9.59 Å². The Morgan fingerprint density at radius 1 is 1.11 bits per heavy atom. The second-order valence-corrected chi connectivity index (χ2v) is 6.16. The molecule has 2 aromatic carbocycles. The van der Waals surface area contributed by atoms with Gasteiger partial charge in [-0.05, 0) is 29.3 Å². The van der Waals surface area contributed by atoms with Gasteiger partial charge in [-0.2, -0.15) is 0 Å². The number of rotatable bonds is 7. The number of primary amides is 1. The summed E-state index contributed by atoms with van der Waals surface area (Å²) >= 11 is 6.15. The fourth-order valence-corrected chi connectivity index (χ4v) is 2.77. The van der Waals surface area contributed by atoms with E-state index in [4.69, 9.17) is 17.3 Å². The van der Waals surface area contributed by atoms with Crippen LogP contribution >= 0.6 is 11.6 Å². The molecule has 2 rings (SSSR count). The lowest BCUT2D eigenvalue weighted by atomic mass is 10.0. The first-order valence-electron chi connectivity index (χ1n) is 8.15. The molecule has 1 unspecified atom stereocenters. The summed E-state index contributed by atoms with van der Waals surface area (Å²) in [4.78, 5) is 35.0. The number of nitrogens with two attached hydrogens (primary N) is 1. The molecular weight excluding hydrogens is 370 g/mol. The highest BCUT2D eigenvalue weighted by atomic mass is 35.5. The van der Waals surface area contributed by atoms with Crippen molar-refractivity contribution >= 4 is 29.5 Å². The first kappa shape index (κ1) is 20.3.